The Balaban J connectivity index is 2.02. The van der Waals surface area contributed by atoms with Gasteiger partial charge in [0.1, 0.15) is 6.54 Å². The monoisotopic (exact) mass is 333 g/mol. The molecular weight excluding hydrogens is 310 g/mol. The van der Waals surface area contributed by atoms with E-state index in [9.17, 15) is 14.4 Å². The van der Waals surface area contributed by atoms with E-state index in [2.05, 4.69) is 10.6 Å². The topological polar surface area (TPSA) is 98.7 Å². The van der Waals surface area contributed by atoms with Crippen molar-refractivity contribution in [3.63, 3.8) is 0 Å². The number of aliphatic carboxylic acids is 1. The molecule has 7 heteroatoms. The Hall–Kier alpha value is -2.57. The van der Waals surface area contributed by atoms with E-state index in [1.807, 2.05) is 30.0 Å². The van der Waals surface area contributed by atoms with Crippen LogP contribution in [0.1, 0.15) is 30.9 Å². The molecule has 0 radical (unpaired) electrons. The molecule has 130 valence electrons. The van der Waals surface area contributed by atoms with Gasteiger partial charge in [-0.05, 0) is 30.5 Å². The van der Waals surface area contributed by atoms with Crippen LogP contribution in [0.4, 0.5) is 5.69 Å². The van der Waals surface area contributed by atoms with Crippen LogP contribution in [0.2, 0.25) is 0 Å². The molecule has 2 amide bonds. The quantitative estimate of drug-likeness (QED) is 0.721. The molecule has 0 bridgehead atoms. The molecule has 0 atom stereocenters. The van der Waals surface area contributed by atoms with E-state index in [1.165, 1.54) is 0 Å². The fourth-order valence-electron chi connectivity index (χ4n) is 2.67. The lowest BCUT2D eigenvalue weighted by Crippen LogP contribution is -2.33. The third-order valence-electron chi connectivity index (χ3n) is 4.00. The highest BCUT2D eigenvalue weighted by molar-refractivity contribution is 5.81. The molecule has 24 heavy (non-hydrogen) atoms. The summed E-state index contributed by atoms with van der Waals surface area (Å²) in [7, 11) is 0. The van der Waals surface area contributed by atoms with Crippen LogP contribution in [-0.4, -0.2) is 47.4 Å². The van der Waals surface area contributed by atoms with Crippen LogP contribution in [-0.2, 0) is 27.3 Å². The van der Waals surface area contributed by atoms with Gasteiger partial charge in [0.15, 0.2) is 0 Å². The molecule has 1 heterocycles. The highest BCUT2D eigenvalue weighted by atomic mass is 16.4. The maximum absolute atomic E-state index is 12.0. The van der Waals surface area contributed by atoms with Gasteiger partial charge < -0.3 is 20.6 Å². The molecule has 1 aliphatic rings. The Morgan fingerprint density at radius 3 is 2.88 bits per heavy atom. The summed E-state index contributed by atoms with van der Waals surface area (Å²) in [5, 5.41) is 14.2. The van der Waals surface area contributed by atoms with E-state index >= 15 is 0 Å². The van der Waals surface area contributed by atoms with Crippen LogP contribution in [0.25, 0.3) is 0 Å². The van der Waals surface area contributed by atoms with Crippen LogP contribution in [0.3, 0.4) is 0 Å². The Morgan fingerprint density at radius 2 is 2.17 bits per heavy atom. The van der Waals surface area contributed by atoms with Gasteiger partial charge in [-0.15, -0.1) is 0 Å². The van der Waals surface area contributed by atoms with Gasteiger partial charge in [-0.1, -0.05) is 12.1 Å². The summed E-state index contributed by atoms with van der Waals surface area (Å²) in [6.07, 6.45) is 1.24. The SMILES string of the molecule is CCN1Cc2cc(CCC(=O)NCC(=O)O)ccc2NCCC1=O. The van der Waals surface area contributed by atoms with Gasteiger partial charge in [0, 0.05) is 38.2 Å². The lowest BCUT2D eigenvalue weighted by Gasteiger charge is -2.26. The Morgan fingerprint density at radius 1 is 1.38 bits per heavy atom. The first-order chi connectivity index (χ1) is 11.5. The average molecular weight is 333 g/mol. The van der Waals surface area contributed by atoms with Gasteiger partial charge in [0.05, 0.1) is 0 Å². The van der Waals surface area contributed by atoms with E-state index in [1.54, 1.807) is 0 Å². The summed E-state index contributed by atoms with van der Waals surface area (Å²) in [6, 6.07) is 5.94. The van der Waals surface area contributed by atoms with Gasteiger partial charge in [-0.2, -0.15) is 0 Å². The molecule has 0 fully saturated rings. The van der Waals surface area contributed by atoms with Crippen molar-refractivity contribution in [1.82, 2.24) is 10.2 Å². The summed E-state index contributed by atoms with van der Waals surface area (Å²) in [6.45, 7) is 3.43. The number of rotatable bonds is 6. The Labute approximate surface area is 141 Å². The van der Waals surface area contributed by atoms with Crippen molar-refractivity contribution < 1.29 is 19.5 Å². The molecular formula is C17H23N3O4. The minimum absolute atomic E-state index is 0.133. The number of anilines is 1. The molecule has 1 aromatic carbocycles. The molecule has 0 saturated heterocycles. The zero-order chi connectivity index (χ0) is 17.5. The summed E-state index contributed by atoms with van der Waals surface area (Å²) in [4.78, 5) is 35.9. The minimum Gasteiger partial charge on any atom is -0.480 e. The van der Waals surface area contributed by atoms with Crippen molar-refractivity contribution in [1.29, 1.82) is 0 Å². The highest BCUT2D eigenvalue weighted by Crippen LogP contribution is 2.22. The molecule has 0 saturated carbocycles. The summed E-state index contributed by atoms with van der Waals surface area (Å²) >= 11 is 0. The molecule has 0 aromatic heterocycles. The van der Waals surface area contributed by atoms with Crippen molar-refractivity contribution >= 4 is 23.5 Å². The van der Waals surface area contributed by atoms with Crippen LogP contribution in [0.5, 0.6) is 0 Å². The van der Waals surface area contributed by atoms with E-state index in [-0.39, 0.29) is 24.8 Å². The number of amides is 2. The fraction of sp³-hybridized carbons (Fsp3) is 0.471. The highest BCUT2D eigenvalue weighted by Gasteiger charge is 2.17. The summed E-state index contributed by atoms with van der Waals surface area (Å²) in [5.74, 6) is -1.21. The number of benzene rings is 1. The number of nitrogens with zero attached hydrogens (tertiary/aromatic N) is 1. The molecule has 7 nitrogen and oxygen atoms in total. The molecule has 1 aromatic rings. The number of fused-ring (bicyclic) bond motifs is 1. The number of hydrogen-bond acceptors (Lipinski definition) is 4. The largest absolute Gasteiger partial charge is 0.480 e. The number of carbonyl (C=O) groups excluding carboxylic acids is 2. The van der Waals surface area contributed by atoms with Gasteiger partial charge in [-0.3, -0.25) is 14.4 Å². The van der Waals surface area contributed by atoms with E-state index in [0.717, 1.165) is 16.8 Å². The fourth-order valence-corrected chi connectivity index (χ4v) is 2.67. The van der Waals surface area contributed by atoms with E-state index < -0.39 is 5.97 Å². The first-order valence-electron chi connectivity index (χ1n) is 8.11. The standard InChI is InChI=1S/C17H23N3O4/c1-2-20-11-13-9-12(4-6-15(21)19-10-17(23)24)3-5-14(13)18-8-7-16(20)22/h3,5,9,18H,2,4,6-8,10-11H2,1H3,(H,19,21)(H,23,24). The van der Waals surface area contributed by atoms with E-state index in [0.29, 0.717) is 32.5 Å². The predicted octanol–water partition coefficient (Wildman–Crippen LogP) is 0.984. The molecule has 2 rings (SSSR count). The number of nitrogens with one attached hydrogen (secondary N) is 2. The van der Waals surface area contributed by atoms with Gasteiger partial charge >= 0.3 is 5.97 Å². The van der Waals surface area contributed by atoms with Gasteiger partial charge in [-0.25, -0.2) is 0 Å². The Kier molecular flexibility index (Phi) is 6.17. The van der Waals surface area contributed by atoms with Crippen molar-refractivity contribution in [2.45, 2.75) is 32.7 Å². The second-order valence-corrected chi connectivity index (χ2v) is 5.75. The first kappa shape index (κ1) is 17.8. The third-order valence-corrected chi connectivity index (χ3v) is 4.00. The van der Waals surface area contributed by atoms with Crippen molar-refractivity contribution in [2.75, 3.05) is 25.0 Å². The smallest absolute Gasteiger partial charge is 0.322 e. The number of aryl methyl sites for hydroxylation is 1. The lowest BCUT2D eigenvalue weighted by atomic mass is 10.0. The number of carbonyl (C=O) groups is 3. The van der Waals surface area contributed by atoms with Crippen LogP contribution >= 0.6 is 0 Å². The maximum Gasteiger partial charge on any atom is 0.322 e. The molecule has 0 unspecified atom stereocenters. The van der Waals surface area contributed by atoms with Crippen LogP contribution in [0.15, 0.2) is 18.2 Å². The summed E-state index contributed by atoms with van der Waals surface area (Å²) in [5.41, 5.74) is 3.04. The number of carboxylic acids is 1. The number of carboxylic acid groups (broad SMARTS) is 1. The van der Waals surface area contributed by atoms with Gasteiger partial charge in [0.2, 0.25) is 11.8 Å². The number of hydrogen-bond donors (Lipinski definition) is 3. The van der Waals surface area contributed by atoms with E-state index in [4.69, 9.17) is 5.11 Å². The first-order valence-corrected chi connectivity index (χ1v) is 8.11. The predicted molar refractivity (Wildman–Crippen MR) is 89.6 cm³/mol. The zero-order valence-corrected chi connectivity index (χ0v) is 13.8. The molecule has 0 aliphatic carbocycles. The zero-order valence-electron chi connectivity index (χ0n) is 13.8. The average Bonchev–Trinajstić information content (AvgIpc) is 2.55. The maximum atomic E-state index is 12.0. The molecule has 3 N–H and O–H groups in total. The van der Waals surface area contributed by atoms with Crippen LogP contribution < -0.4 is 10.6 Å². The Bertz CT molecular complexity index is 630. The third kappa shape index (κ3) is 4.97. The second kappa shape index (κ2) is 8.33. The minimum atomic E-state index is -1.06. The second-order valence-electron chi connectivity index (χ2n) is 5.75. The van der Waals surface area contributed by atoms with Crippen LogP contribution in [0, 0.1) is 0 Å². The van der Waals surface area contributed by atoms with Crippen molar-refractivity contribution in [3.05, 3.63) is 29.3 Å². The summed E-state index contributed by atoms with van der Waals surface area (Å²) < 4.78 is 0. The van der Waals surface area contributed by atoms with Crippen molar-refractivity contribution in [3.8, 4) is 0 Å². The van der Waals surface area contributed by atoms with Gasteiger partial charge in [0.25, 0.3) is 0 Å². The van der Waals surface area contributed by atoms with Crippen molar-refractivity contribution in [2.24, 2.45) is 0 Å². The molecule has 1 aliphatic heterocycles. The lowest BCUT2D eigenvalue weighted by molar-refractivity contribution is -0.138. The molecule has 0 spiro atoms. The normalized spacial score (nSPS) is 14.2.